The second-order valence-electron chi connectivity index (χ2n) is 8.17. The molecule has 172 valence electrons. The maximum Gasteiger partial charge on any atom is 0.306 e. The van der Waals surface area contributed by atoms with E-state index in [4.69, 9.17) is 0 Å². The Morgan fingerprint density at radius 3 is 2.67 bits per heavy atom. The van der Waals surface area contributed by atoms with Gasteiger partial charge in [0.1, 0.15) is 17.5 Å². The monoisotopic (exact) mass is 456 g/mol. The number of hydrogen-bond donors (Lipinski definition) is 2. The lowest BCUT2D eigenvalue weighted by molar-refractivity contribution is -0.141. The predicted molar refractivity (Wildman–Crippen MR) is 118 cm³/mol. The van der Waals surface area contributed by atoms with Crippen LogP contribution >= 0.6 is 0 Å². The number of rotatable bonds is 6. The number of carboxylic acid groups (broad SMARTS) is 1. The van der Waals surface area contributed by atoms with E-state index in [-0.39, 0.29) is 11.5 Å². The summed E-state index contributed by atoms with van der Waals surface area (Å²) in [5.74, 6) is -1.25. The lowest BCUT2D eigenvalue weighted by Gasteiger charge is -2.20. The Morgan fingerprint density at radius 1 is 1.24 bits per heavy atom. The van der Waals surface area contributed by atoms with E-state index in [1.165, 1.54) is 12.1 Å². The van der Waals surface area contributed by atoms with Gasteiger partial charge in [0.05, 0.1) is 22.9 Å². The first-order chi connectivity index (χ1) is 15.7. The van der Waals surface area contributed by atoms with Crippen LogP contribution in [0.4, 0.5) is 19.0 Å². The van der Waals surface area contributed by atoms with Crippen molar-refractivity contribution in [3.8, 4) is 0 Å². The molecule has 2 atom stereocenters. The number of fused-ring (bicyclic) bond motifs is 1. The standard InChI is InChI=1S/C24H23F3N4O2/c1-12(17-4-3-5-18(20(17)25)21(26)27)29-23-19-10-16(11-28-22(19)30-13(2)31-23)14-6-8-15(9-7-14)24(32)33/h3-6,10-12,15,21H,7-9H2,1-2H3,(H,32,33)(H,28,29,30,31). The summed E-state index contributed by atoms with van der Waals surface area (Å²) in [6.45, 7) is 3.38. The van der Waals surface area contributed by atoms with Crippen LogP contribution in [0, 0.1) is 18.7 Å². The van der Waals surface area contributed by atoms with Crippen molar-refractivity contribution in [3.05, 3.63) is 64.9 Å². The first-order valence-electron chi connectivity index (χ1n) is 10.6. The summed E-state index contributed by atoms with van der Waals surface area (Å²) in [7, 11) is 0. The molecule has 0 aliphatic heterocycles. The molecule has 2 unspecified atom stereocenters. The molecule has 9 heteroatoms. The zero-order chi connectivity index (χ0) is 23.7. The third-order valence-corrected chi connectivity index (χ3v) is 5.91. The van der Waals surface area contributed by atoms with Gasteiger partial charge in [0, 0.05) is 11.8 Å². The molecule has 1 aromatic carbocycles. The summed E-state index contributed by atoms with van der Waals surface area (Å²) >= 11 is 0. The summed E-state index contributed by atoms with van der Waals surface area (Å²) in [6, 6.07) is 5.17. The minimum absolute atomic E-state index is 0.107. The van der Waals surface area contributed by atoms with E-state index >= 15 is 0 Å². The minimum atomic E-state index is -2.91. The Labute approximate surface area is 188 Å². The molecule has 33 heavy (non-hydrogen) atoms. The van der Waals surface area contributed by atoms with Gasteiger partial charge in [-0.1, -0.05) is 24.3 Å². The lowest BCUT2D eigenvalue weighted by Crippen LogP contribution is -2.15. The highest BCUT2D eigenvalue weighted by atomic mass is 19.3. The van der Waals surface area contributed by atoms with Gasteiger partial charge in [-0.05, 0) is 50.3 Å². The van der Waals surface area contributed by atoms with E-state index in [9.17, 15) is 23.1 Å². The highest BCUT2D eigenvalue weighted by Gasteiger charge is 2.23. The first-order valence-corrected chi connectivity index (χ1v) is 10.6. The molecule has 0 saturated heterocycles. The van der Waals surface area contributed by atoms with Crippen molar-refractivity contribution in [1.82, 2.24) is 15.0 Å². The van der Waals surface area contributed by atoms with Crippen molar-refractivity contribution >= 4 is 28.4 Å². The number of allylic oxidation sites excluding steroid dienone is 2. The molecule has 0 saturated carbocycles. The Bertz CT molecular complexity index is 1250. The number of aromatic nitrogens is 3. The van der Waals surface area contributed by atoms with Crippen molar-refractivity contribution in [2.24, 2.45) is 5.92 Å². The van der Waals surface area contributed by atoms with Crippen molar-refractivity contribution in [2.75, 3.05) is 5.32 Å². The van der Waals surface area contributed by atoms with Crippen LogP contribution in [0.2, 0.25) is 0 Å². The Balaban J connectivity index is 1.69. The van der Waals surface area contributed by atoms with Crippen molar-refractivity contribution in [3.63, 3.8) is 0 Å². The van der Waals surface area contributed by atoms with Gasteiger partial charge >= 0.3 is 5.97 Å². The van der Waals surface area contributed by atoms with Gasteiger partial charge in [0.25, 0.3) is 6.43 Å². The zero-order valence-corrected chi connectivity index (χ0v) is 18.1. The summed E-state index contributed by atoms with van der Waals surface area (Å²) in [5.41, 5.74) is 1.74. The number of nitrogens with one attached hydrogen (secondary N) is 1. The maximum atomic E-state index is 14.7. The first kappa shape index (κ1) is 22.7. The minimum Gasteiger partial charge on any atom is -0.481 e. The van der Waals surface area contributed by atoms with Gasteiger partial charge in [0.15, 0.2) is 5.65 Å². The van der Waals surface area contributed by atoms with Crippen LogP contribution in [0.25, 0.3) is 16.6 Å². The summed E-state index contributed by atoms with van der Waals surface area (Å²) in [6.07, 6.45) is 2.32. The van der Waals surface area contributed by atoms with Crippen molar-refractivity contribution in [2.45, 2.75) is 45.6 Å². The molecule has 6 nitrogen and oxygen atoms in total. The average molecular weight is 456 g/mol. The number of nitrogens with zero attached hydrogens (tertiary/aromatic N) is 3. The second kappa shape index (κ2) is 9.17. The molecule has 0 radical (unpaired) electrons. The van der Waals surface area contributed by atoms with E-state index in [1.807, 2.05) is 12.1 Å². The van der Waals surface area contributed by atoms with Crippen molar-refractivity contribution < 1.29 is 23.1 Å². The summed E-state index contributed by atoms with van der Waals surface area (Å²) in [4.78, 5) is 24.5. The fourth-order valence-corrected chi connectivity index (χ4v) is 4.08. The summed E-state index contributed by atoms with van der Waals surface area (Å²) < 4.78 is 40.9. The van der Waals surface area contributed by atoms with Crippen LogP contribution in [0.15, 0.2) is 36.5 Å². The van der Waals surface area contributed by atoms with E-state index in [0.29, 0.717) is 41.9 Å². The largest absolute Gasteiger partial charge is 0.481 e. The SMILES string of the molecule is Cc1nc(NC(C)c2cccc(C(F)F)c2F)c2cc(C3=CCC(C(=O)O)CC3)cnc2n1. The fourth-order valence-electron chi connectivity index (χ4n) is 4.08. The predicted octanol–water partition coefficient (Wildman–Crippen LogP) is 5.85. The topological polar surface area (TPSA) is 88.0 Å². The van der Waals surface area contributed by atoms with Gasteiger partial charge in [0.2, 0.25) is 0 Å². The molecule has 0 fully saturated rings. The van der Waals surface area contributed by atoms with Gasteiger partial charge in [-0.3, -0.25) is 4.79 Å². The van der Waals surface area contributed by atoms with Gasteiger partial charge in [-0.25, -0.2) is 28.1 Å². The molecule has 1 aliphatic carbocycles. The molecule has 3 aromatic rings. The van der Waals surface area contributed by atoms with Crippen molar-refractivity contribution in [1.29, 1.82) is 0 Å². The highest BCUT2D eigenvalue weighted by Crippen LogP contribution is 2.33. The average Bonchev–Trinajstić information content (AvgIpc) is 2.78. The van der Waals surface area contributed by atoms with Crippen LogP contribution in [0.1, 0.15) is 61.2 Å². The Kier molecular flexibility index (Phi) is 6.31. The normalized spacial score (nSPS) is 17.2. The molecule has 0 spiro atoms. The number of carboxylic acids is 1. The molecule has 1 aliphatic rings. The lowest BCUT2D eigenvalue weighted by atomic mass is 9.87. The fraction of sp³-hybridized carbons (Fsp3) is 0.333. The molecule has 2 aromatic heterocycles. The third-order valence-electron chi connectivity index (χ3n) is 5.91. The second-order valence-corrected chi connectivity index (χ2v) is 8.17. The van der Waals surface area contributed by atoms with E-state index in [1.54, 1.807) is 20.0 Å². The molecular formula is C24H23F3N4O2. The third kappa shape index (κ3) is 4.67. The van der Waals surface area contributed by atoms with Crippen LogP contribution in [0.5, 0.6) is 0 Å². The zero-order valence-electron chi connectivity index (χ0n) is 18.1. The quantitative estimate of drug-likeness (QED) is 0.484. The number of benzene rings is 1. The van der Waals surface area contributed by atoms with Crippen LogP contribution < -0.4 is 5.32 Å². The molecule has 0 bridgehead atoms. The smallest absolute Gasteiger partial charge is 0.306 e. The van der Waals surface area contributed by atoms with E-state index < -0.39 is 29.8 Å². The molecule has 2 N–H and O–H groups in total. The number of pyridine rings is 1. The van der Waals surface area contributed by atoms with Crippen LogP contribution in [0.3, 0.4) is 0 Å². The number of aliphatic carboxylic acids is 1. The maximum absolute atomic E-state index is 14.7. The Morgan fingerprint density at radius 2 is 2.00 bits per heavy atom. The van der Waals surface area contributed by atoms with Gasteiger partial charge < -0.3 is 10.4 Å². The number of alkyl halides is 2. The number of carbonyl (C=O) groups is 1. The van der Waals surface area contributed by atoms with Gasteiger partial charge in [-0.2, -0.15) is 0 Å². The van der Waals surface area contributed by atoms with E-state index in [0.717, 1.165) is 17.2 Å². The van der Waals surface area contributed by atoms with Crippen LogP contribution in [-0.4, -0.2) is 26.0 Å². The molecule has 4 rings (SSSR count). The summed E-state index contributed by atoms with van der Waals surface area (Å²) in [5, 5.41) is 12.9. The number of anilines is 1. The number of hydrogen-bond acceptors (Lipinski definition) is 5. The molecular weight excluding hydrogens is 433 g/mol. The van der Waals surface area contributed by atoms with Gasteiger partial charge in [-0.15, -0.1) is 0 Å². The number of aryl methyl sites for hydroxylation is 1. The van der Waals surface area contributed by atoms with E-state index in [2.05, 4.69) is 20.3 Å². The van der Waals surface area contributed by atoms with Crippen LogP contribution in [-0.2, 0) is 4.79 Å². The number of halogens is 3. The highest BCUT2D eigenvalue weighted by molar-refractivity contribution is 5.89. The Hall–Kier alpha value is -3.49. The molecule has 0 amide bonds. The molecule has 2 heterocycles.